The van der Waals surface area contributed by atoms with Gasteiger partial charge in [-0.25, -0.2) is 0 Å². The largest absolute Gasteiger partial charge is 0.496 e. The molecule has 136 valence electrons. The molecule has 27 heavy (non-hydrogen) atoms. The maximum atomic E-state index is 12.4. The van der Waals surface area contributed by atoms with Gasteiger partial charge in [-0.3, -0.25) is 9.59 Å². The van der Waals surface area contributed by atoms with Crippen LogP contribution in [-0.2, 0) is 0 Å². The summed E-state index contributed by atoms with van der Waals surface area (Å²) in [4.78, 5) is 24.5. The molecule has 0 atom stereocenters. The molecule has 0 aliphatic rings. The van der Waals surface area contributed by atoms with Gasteiger partial charge < -0.3 is 15.4 Å². The molecule has 5 nitrogen and oxygen atoms in total. The minimum absolute atomic E-state index is 0.180. The summed E-state index contributed by atoms with van der Waals surface area (Å²) in [5, 5.41) is 5.66. The number of methoxy groups -OCH3 is 1. The first-order valence-corrected chi connectivity index (χ1v) is 9.26. The van der Waals surface area contributed by atoms with Gasteiger partial charge in [-0.15, -0.1) is 0 Å². The van der Waals surface area contributed by atoms with E-state index in [1.807, 2.05) is 18.2 Å². The summed E-state index contributed by atoms with van der Waals surface area (Å²) < 4.78 is 6.06. The molecule has 0 fully saturated rings. The number of rotatable bonds is 5. The molecule has 0 radical (unpaired) electrons. The number of amides is 2. The molecule has 0 heterocycles. The molecule has 0 unspecified atom stereocenters. The van der Waals surface area contributed by atoms with Crippen LogP contribution in [0.15, 0.2) is 72.8 Å². The number of nitrogens with one attached hydrogen (secondary N) is 2. The zero-order valence-corrected chi connectivity index (χ0v) is 16.7. The monoisotopic (exact) mass is 472 g/mol. The average Bonchev–Trinajstić information content (AvgIpc) is 2.70. The number of hydrogen-bond acceptors (Lipinski definition) is 3. The molecular formula is C21H17IN2O3. The Morgan fingerprint density at radius 2 is 1.33 bits per heavy atom. The molecule has 3 rings (SSSR count). The van der Waals surface area contributed by atoms with Crippen LogP contribution < -0.4 is 15.4 Å². The Morgan fingerprint density at radius 3 is 1.85 bits per heavy atom. The van der Waals surface area contributed by atoms with Crippen molar-refractivity contribution < 1.29 is 14.3 Å². The SMILES string of the molecule is COc1ccc(C(=O)Nc2ccc(NC(=O)c3ccccc3)cc2)cc1I. The number of hydrogen-bond donors (Lipinski definition) is 2. The fraction of sp³-hybridized carbons (Fsp3) is 0.0476. The standard InChI is InChI=1S/C21H17IN2O3/c1-27-19-12-7-15(13-18(19)22)21(26)24-17-10-8-16(9-11-17)23-20(25)14-5-3-2-4-6-14/h2-13H,1H3,(H,23,25)(H,24,26). The Hall–Kier alpha value is -2.87. The van der Waals surface area contributed by atoms with E-state index in [1.165, 1.54) is 0 Å². The summed E-state index contributed by atoms with van der Waals surface area (Å²) in [5.41, 5.74) is 2.43. The fourth-order valence-corrected chi connectivity index (χ4v) is 3.18. The molecular weight excluding hydrogens is 455 g/mol. The van der Waals surface area contributed by atoms with E-state index in [0.29, 0.717) is 22.5 Å². The molecule has 0 aliphatic carbocycles. The summed E-state index contributed by atoms with van der Waals surface area (Å²) in [7, 11) is 1.59. The van der Waals surface area contributed by atoms with Crippen molar-refractivity contribution in [3.8, 4) is 5.75 Å². The van der Waals surface area contributed by atoms with Gasteiger partial charge in [0.1, 0.15) is 5.75 Å². The van der Waals surface area contributed by atoms with Crippen molar-refractivity contribution >= 4 is 45.8 Å². The number of anilines is 2. The summed E-state index contributed by atoms with van der Waals surface area (Å²) >= 11 is 2.13. The Morgan fingerprint density at radius 1 is 0.778 bits per heavy atom. The first-order valence-electron chi connectivity index (χ1n) is 8.18. The van der Waals surface area contributed by atoms with Crippen molar-refractivity contribution in [2.45, 2.75) is 0 Å². The number of carbonyl (C=O) groups excluding carboxylic acids is 2. The third-order valence-corrected chi connectivity index (χ3v) is 4.69. The normalized spacial score (nSPS) is 10.1. The Labute approximate surface area is 170 Å². The van der Waals surface area contributed by atoms with Crippen molar-refractivity contribution in [1.29, 1.82) is 0 Å². The Bertz CT molecular complexity index is 957. The first-order chi connectivity index (χ1) is 13.1. The second-order valence-corrected chi connectivity index (χ2v) is 6.86. The van der Waals surface area contributed by atoms with Crippen LogP contribution in [-0.4, -0.2) is 18.9 Å². The van der Waals surface area contributed by atoms with E-state index in [2.05, 4.69) is 33.2 Å². The smallest absolute Gasteiger partial charge is 0.255 e. The van der Waals surface area contributed by atoms with Crippen LogP contribution in [0, 0.1) is 3.57 Å². The van der Waals surface area contributed by atoms with Crippen molar-refractivity contribution in [3.63, 3.8) is 0 Å². The molecule has 0 saturated heterocycles. The second kappa shape index (κ2) is 8.68. The number of halogens is 1. The highest BCUT2D eigenvalue weighted by Gasteiger charge is 2.10. The Balaban J connectivity index is 1.64. The summed E-state index contributed by atoms with van der Waals surface area (Å²) in [6.07, 6.45) is 0. The van der Waals surface area contributed by atoms with Gasteiger partial charge in [-0.1, -0.05) is 18.2 Å². The first kappa shape index (κ1) is 18.9. The number of ether oxygens (including phenoxy) is 1. The van der Waals surface area contributed by atoms with Crippen LogP contribution in [0.2, 0.25) is 0 Å². The predicted octanol–water partition coefficient (Wildman–Crippen LogP) is 4.80. The van der Waals surface area contributed by atoms with Gasteiger partial charge in [0.25, 0.3) is 11.8 Å². The second-order valence-electron chi connectivity index (χ2n) is 5.70. The van der Waals surface area contributed by atoms with E-state index >= 15 is 0 Å². The van der Waals surface area contributed by atoms with Crippen LogP contribution in [0.4, 0.5) is 11.4 Å². The molecule has 6 heteroatoms. The molecule has 3 aromatic carbocycles. The summed E-state index contributed by atoms with van der Waals surface area (Å²) in [5.74, 6) is 0.336. The van der Waals surface area contributed by atoms with E-state index in [4.69, 9.17) is 4.74 Å². The molecule has 2 N–H and O–H groups in total. The van der Waals surface area contributed by atoms with Gasteiger partial charge in [0.2, 0.25) is 0 Å². The third-order valence-electron chi connectivity index (χ3n) is 3.85. The average molecular weight is 472 g/mol. The lowest BCUT2D eigenvalue weighted by Gasteiger charge is -2.09. The number of benzene rings is 3. The van der Waals surface area contributed by atoms with E-state index < -0.39 is 0 Å². The van der Waals surface area contributed by atoms with E-state index in [-0.39, 0.29) is 11.8 Å². The third kappa shape index (κ3) is 4.85. The van der Waals surface area contributed by atoms with Crippen molar-refractivity contribution in [1.82, 2.24) is 0 Å². The lowest BCUT2D eigenvalue weighted by Crippen LogP contribution is -2.13. The molecule has 0 aliphatic heterocycles. The van der Waals surface area contributed by atoms with Gasteiger partial charge in [0.05, 0.1) is 10.7 Å². The number of carbonyl (C=O) groups is 2. The Kier molecular flexibility index (Phi) is 6.08. The van der Waals surface area contributed by atoms with E-state index in [1.54, 1.807) is 61.7 Å². The fourth-order valence-electron chi connectivity index (χ4n) is 2.44. The maximum Gasteiger partial charge on any atom is 0.255 e. The summed E-state index contributed by atoms with van der Waals surface area (Å²) in [6, 6.07) is 21.2. The highest BCUT2D eigenvalue weighted by Crippen LogP contribution is 2.22. The maximum absolute atomic E-state index is 12.4. The lowest BCUT2D eigenvalue weighted by atomic mass is 10.2. The predicted molar refractivity (Wildman–Crippen MR) is 115 cm³/mol. The van der Waals surface area contributed by atoms with Crippen molar-refractivity contribution in [2.24, 2.45) is 0 Å². The van der Waals surface area contributed by atoms with Crippen LogP contribution in [0.5, 0.6) is 5.75 Å². The van der Waals surface area contributed by atoms with Crippen LogP contribution in [0.25, 0.3) is 0 Å². The van der Waals surface area contributed by atoms with Crippen LogP contribution >= 0.6 is 22.6 Å². The van der Waals surface area contributed by atoms with Gasteiger partial charge in [0, 0.05) is 22.5 Å². The minimum Gasteiger partial charge on any atom is -0.496 e. The zero-order chi connectivity index (χ0) is 19.2. The van der Waals surface area contributed by atoms with Crippen molar-refractivity contribution in [3.05, 3.63) is 87.5 Å². The summed E-state index contributed by atoms with van der Waals surface area (Å²) in [6.45, 7) is 0. The van der Waals surface area contributed by atoms with Crippen LogP contribution in [0.3, 0.4) is 0 Å². The molecule has 3 aromatic rings. The molecule has 0 saturated carbocycles. The van der Waals surface area contributed by atoms with Gasteiger partial charge in [-0.2, -0.15) is 0 Å². The molecule has 0 bridgehead atoms. The topological polar surface area (TPSA) is 67.4 Å². The highest BCUT2D eigenvalue weighted by atomic mass is 127. The minimum atomic E-state index is -0.211. The van der Waals surface area contributed by atoms with Gasteiger partial charge in [0.15, 0.2) is 0 Å². The van der Waals surface area contributed by atoms with Gasteiger partial charge in [-0.05, 0) is 77.2 Å². The molecule has 0 aromatic heterocycles. The van der Waals surface area contributed by atoms with E-state index in [0.717, 1.165) is 9.32 Å². The zero-order valence-electron chi connectivity index (χ0n) is 14.5. The molecule has 0 spiro atoms. The van der Waals surface area contributed by atoms with Crippen LogP contribution in [0.1, 0.15) is 20.7 Å². The molecule has 2 amide bonds. The quantitative estimate of drug-likeness (QED) is 0.525. The highest BCUT2D eigenvalue weighted by molar-refractivity contribution is 14.1. The van der Waals surface area contributed by atoms with Gasteiger partial charge >= 0.3 is 0 Å². The lowest BCUT2D eigenvalue weighted by molar-refractivity contribution is 0.101. The van der Waals surface area contributed by atoms with E-state index in [9.17, 15) is 9.59 Å². The van der Waals surface area contributed by atoms with Crippen molar-refractivity contribution in [2.75, 3.05) is 17.7 Å².